The van der Waals surface area contributed by atoms with E-state index in [1.54, 1.807) is 55.6 Å². The molecule has 2 N–H and O–H groups in total. The van der Waals surface area contributed by atoms with E-state index in [0.29, 0.717) is 5.75 Å². The number of rotatable bonds is 4. The number of amides is 4. The fourth-order valence-electron chi connectivity index (χ4n) is 3.37. The Morgan fingerprint density at radius 1 is 1.10 bits per heavy atom. The Balaban J connectivity index is 1.46. The molecule has 4 amide bonds. The number of nitrogens with zero attached hydrogens (tertiary/aromatic N) is 2. The van der Waals surface area contributed by atoms with Crippen LogP contribution in [0.5, 0.6) is 5.75 Å². The van der Waals surface area contributed by atoms with E-state index in [9.17, 15) is 19.2 Å². The van der Waals surface area contributed by atoms with E-state index in [0.717, 1.165) is 10.5 Å². The van der Waals surface area contributed by atoms with E-state index in [-0.39, 0.29) is 29.4 Å². The maximum absolute atomic E-state index is 12.4. The predicted octanol–water partition coefficient (Wildman–Crippen LogP) is 1.02. The van der Waals surface area contributed by atoms with Crippen molar-refractivity contribution in [3.05, 3.63) is 65.2 Å². The zero-order valence-electron chi connectivity index (χ0n) is 16.0. The molecule has 0 spiro atoms. The van der Waals surface area contributed by atoms with Crippen molar-refractivity contribution in [2.24, 2.45) is 4.99 Å². The third kappa shape index (κ3) is 3.64. The third-order valence-corrected chi connectivity index (χ3v) is 4.86. The number of imide groups is 1. The van der Waals surface area contributed by atoms with Crippen LogP contribution in [0.3, 0.4) is 0 Å². The van der Waals surface area contributed by atoms with Crippen molar-refractivity contribution in [1.82, 2.24) is 15.5 Å². The van der Waals surface area contributed by atoms with Crippen LogP contribution in [0.15, 0.2) is 53.5 Å². The molecule has 152 valence electrons. The topological polar surface area (TPSA) is 117 Å². The van der Waals surface area contributed by atoms with Gasteiger partial charge in [-0.2, -0.15) is 0 Å². The van der Waals surface area contributed by atoms with Crippen molar-refractivity contribution in [2.45, 2.75) is 12.5 Å². The lowest BCUT2D eigenvalue weighted by Gasteiger charge is -2.22. The Kier molecular flexibility index (Phi) is 5.01. The molecule has 30 heavy (non-hydrogen) atoms. The van der Waals surface area contributed by atoms with Crippen LogP contribution in [0, 0.1) is 0 Å². The summed E-state index contributed by atoms with van der Waals surface area (Å²) in [6, 6.07) is 13.0. The molecule has 2 aromatic rings. The highest BCUT2D eigenvalue weighted by atomic mass is 16.5. The van der Waals surface area contributed by atoms with Crippen molar-refractivity contribution in [1.29, 1.82) is 0 Å². The van der Waals surface area contributed by atoms with Gasteiger partial charge in [-0.25, -0.2) is 4.99 Å². The molecule has 1 atom stereocenters. The summed E-state index contributed by atoms with van der Waals surface area (Å²) in [5, 5.41) is 4.97. The second-order valence-electron chi connectivity index (χ2n) is 6.81. The number of aliphatic imine (C=N–C) groups is 1. The van der Waals surface area contributed by atoms with Crippen LogP contribution in [0.4, 0.5) is 0 Å². The standard InChI is InChI=1S/C21H18N4O5/c1-30-13-8-6-12(7-9-13)16-10-17(26)23-21(22-16)24-18(27)11-25-19(28)14-4-2-3-5-15(14)20(25)29/h2-9,16H,10-11H2,1H3,(H2,22,23,24,26,27)/t16-/m0/s1. The molecule has 2 heterocycles. The number of fused-ring (bicyclic) bond motifs is 1. The Labute approximate surface area is 171 Å². The molecule has 0 aliphatic carbocycles. The number of carbonyl (C=O) groups excluding carboxylic acids is 4. The number of guanidine groups is 1. The van der Waals surface area contributed by atoms with Gasteiger partial charge in [-0.1, -0.05) is 24.3 Å². The molecular formula is C21H18N4O5. The van der Waals surface area contributed by atoms with Gasteiger partial charge in [0.2, 0.25) is 17.8 Å². The number of methoxy groups -OCH3 is 1. The highest BCUT2D eigenvalue weighted by molar-refractivity contribution is 6.22. The molecule has 0 bridgehead atoms. The van der Waals surface area contributed by atoms with Gasteiger partial charge >= 0.3 is 0 Å². The maximum atomic E-state index is 12.4. The summed E-state index contributed by atoms with van der Waals surface area (Å²) in [6.07, 6.45) is 0.129. The molecule has 0 radical (unpaired) electrons. The van der Waals surface area contributed by atoms with Gasteiger partial charge in [0.05, 0.1) is 30.7 Å². The largest absolute Gasteiger partial charge is 0.497 e. The minimum atomic E-state index is -0.640. The van der Waals surface area contributed by atoms with Crippen LogP contribution >= 0.6 is 0 Å². The van der Waals surface area contributed by atoms with Gasteiger partial charge in [-0.05, 0) is 29.8 Å². The molecule has 4 rings (SSSR count). The lowest BCUT2D eigenvalue weighted by Crippen LogP contribution is -2.50. The summed E-state index contributed by atoms with van der Waals surface area (Å²) in [6.45, 7) is -0.478. The number of hydrogen-bond donors (Lipinski definition) is 2. The van der Waals surface area contributed by atoms with E-state index < -0.39 is 30.3 Å². The first-order chi connectivity index (χ1) is 14.5. The van der Waals surface area contributed by atoms with Gasteiger partial charge < -0.3 is 4.74 Å². The van der Waals surface area contributed by atoms with Gasteiger partial charge in [0.25, 0.3) is 11.8 Å². The lowest BCUT2D eigenvalue weighted by molar-refractivity contribution is -0.121. The predicted molar refractivity (Wildman–Crippen MR) is 106 cm³/mol. The molecule has 9 heteroatoms. The summed E-state index contributed by atoms with van der Waals surface area (Å²) in [4.78, 5) is 54.5. The summed E-state index contributed by atoms with van der Waals surface area (Å²) in [5.74, 6) is -1.35. The Hall–Kier alpha value is -4.01. The van der Waals surface area contributed by atoms with Crippen LogP contribution < -0.4 is 15.4 Å². The number of hydrogen-bond acceptors (Lipinski definition) is 6. The molecular weight excluding hydrogens is 388 g/mol. The average Bonchev–Trinajstić information content (AvgIpc) is 2.98. The zero-order valence-corrected chi connectivity index (χ0v) is 16.0. The van der Waals surface area contributed by atoms with Gasteiger partial charge in [0, 0.05) is 0 Å². The van der Waals surface area contributed by atoms with Crippen LogP contribution in [0.25, 0.3) is 0 Å². The van der Waals surface area contributed by atoms with Crippen LogP contribution in [0.1, 0.15) is 38.7 Å². The van der Waals surface area contributed by atoms with Crippen molar-refractivity contribution in [3.63, 3.8) is 0 Å². The number of ether oxygens (including phenoxy) is 1. The first-order valence-corrected chi connectivity index (χ1v) is 9.23. The number of carbonyl (C=O) groups is 4. The molecule has 2 aliphatic heterocycles. The Morgan fingerprint density at radius 3 is 2.33 bits per heavy atom. The van der Waals surface area contributed by atoms with E-state index in [1.165, 1.54) is 0 Å². The van der Waals surface area contributed by atoms with Gasteiger partial charge in [-0.15, -0.1) is 0 Å². The lowest BCUT2D eigenvalue weighted by atomic mass is 10.0. The van der Waals surface area contributed by atoms with E-state index in [1.807, 2.05) is 0 Å². The third-order valence-electron chi connectivity index (χ3n) is 4.86. The molecule has 0 saturated heterocycles. The Morgan fingerprint density at radius 2 is 1.73 bits per heavy atom. The van der Waals surface area contributed by atoms with E-state index in [4.69, 9.17) is 4.74 Å². The normalized spacial score (nSPS) is 17.9. The second kappa shape index (κ2) is 7.78. The summed E-state index contributed by atoms with van der Waals surface area (Å²) >= 11 is 0. The van der Waals surface area contributed by atoms with Crippen molar-refractivity contribution < 1.29 is 23.9 Å². The average molecular weight is 406 g/mol. The fourth-order valence-corrected chi connectivity index (χ4v) is 3.37. The quantitative estimate of drug-likeness (QED) is 0.736. The molecule has 0 fully saturated rings. The highest BCUT2D eigenvalue weighted by Crippen LogP contribution is 2.25. The number of benzene rings is 2. The van der Waals surface area contributed by atoms with Crippen LogP contribution in [-0.2, 0) is 9.59 Å². The summed E-state index contributed by atoms with van der Waals surface area (Å²) < 4.78 is 5.12. The molecule has 9 nitrogen and oxygen atoms in total. The molecule has 2 aromatic carbocycles. The van der Waals surface area contributed by atoms with E-state index in [2.05, 4.69) is 15.6 Å². The minimum Gasteiger partial charge on any atom is -0.497 e. The van der Waals surface area contributed by atoms with Crippen LogP contribution in [-0.4, -0.2) is 48.1 Å². The number of nitrogens with one attached hydrogen (secondary N) is 2. The SMILES string of the molecule is COc1ccc([C@@H]2CC(=O)NC(NC(=O)CN3C(=O)c4ccccc4C3=O)=N2)cc1. The minimum absolute atomic E-state index is 0.0197. The van der Waals surface area contributed by atoms with Crippen molar-refractivity contribution in [2.75, 3.05) is 13.7 Å². The van der Waals surface area contributed by atoms with E-state index >= 15 is 0 Å². The molecule has 0 saturated carbocycles. The summed E-state index contributed by atoms with van der Waals surface area (Å²) in [5.41, 5.74) is 1.31. The molecule has 0 unspecified atom stereocenters. The maximum Gasteiger partial charge on any atom is 0.262 e. The van der Waals surface area contributed by atoms with Crippen molar-refractivity contribution >= 4 is 29.6 Å². The Bertz CT molecular complexity index is 1040. The monoisotopic (exact) mass is 406 g/mol. The smallest absolute Gasteiger partial charge is 0.262 e. The van der Waals surface area contributed by atoms with Gasteiger partial charge in [0.1, 0.15) is 12.3 Å². The second-order valence-corrected chi connectivity index (χ2v) is 6.81. The van der Waals surface area contributed by atoms with Gasteiger partial charge in [-0.3, -0.25) is 34.7 Å². The molecule has 0 aromatic heterocycles. The fraction of sp³-hybridized carbons (Fsp3) is 0.190. The van der Waals surface area contributed by atoms with Crippen molar-refractivity contribution in [3.8, 4) is 5.75 Å². The first kappa shape index (κ1) is 19.3. The summed E-state index contributed by atoms with van der Waals surface area (Å²) in [7, 11) is 1.56. The van der Waals surface area contributed by atoms with Crippen LogP contribution in [0.2, 0.25) is 0 Å². The van der Waals surface area contributed by atoms with Gasteiger partial charge in [0.15, 0.2) is 0 Å². The zero-order chi connectivity index (χ0) is 21.3. The molecule has 2 aliphatic rings. The highest BCUT2D eigenvalue weighted by Gasteiger charge is 2.36. The first-order valence-electron chi connectivity index (χ1n) is 9.23.